The Morgan fingerprint density at radius 3 is 3.17 bits per heavy atom. The van der Waals surface area contributed by atoms with Crippen LogP contribution in [0, 0.1) is 0 Å². The van der Waals surface area contributed by atoms with E-state index < -0.39 is 0 Å². The summed E-state index contributed by atoms with van der Waals surface area (Å²) < 4.78 is 15.2. The van der Waals surface area contributed by atoms with Crippen LogP contribution in [-0.4, -0.2) is 46.3 Å². The highest BCUT2D eigenvalue weighted by molar-refractivity contribution is 4.69. The van der Waals surface area contributed by atoms with Crippen LogP contribution in [0.3, 0.4) is 0 Å². The highest BCUT2D eigenvalue weighted by Gasteiger charge is 2.11. The van der Waals surface area contributed by atoms with Gasteiger partial charge in [-0.15, -0.1) is 0 Å². The van der Waals surface area contributed by atoms with Crippen molar-refractivity contribution in [3.63, 3.8) is 0 Å². The standard InChI is InChI=1S/C8H17NO3/c1-10-7-12-4-2-8-6-11-5-3-9-8/h8-9H,2-7H2,1H3. The fourth-order valence-electron chi connectivity index (χ4n) is 1.17. The van der Waals surface area contributed by atoms with Crippen molar-refractivity contribution >= 4 is 0 Å². The monoisotopic (exact) mass is 175 g/mol. The minimum absolute atomic E-state index is 0.383. The summed E-state index contributed by atoms with van der Waals surface area (Å²) in [7, 11) is 1.63. The first-order valence-electron chi connectivity index (χ1n) is 4.31. The molecule has 1 aliphatic heterocycles. The molecule has 1 saturated heterocycles. The quantitative estimate of drug-likeness (QED) is 0.471. The van der Waals surface area contributed by atoms with Gasteiger partial charge in [-0.3, -0.25) is 0 Å². The molecule has 0 aromatic heterocycles. The molecule has 0 radical (unpaired) electrons. The lowest BCUT2D eigenvalue weighted by Gasteiger charge is -2.23. The van der Waals surface area contributed by atoms with Gasteiger partial charge >= 0.3 is 0 Å². The van der Waals surface area contributed by atoms with Gasteiger partial charge in [0, 0.05) is 19.7 Å². The fraction of sp³-hybridized carbons (Fsp3) is 1.00. The molecule has 1 aliphatic rings. The Morgan fingerprint density at radius 1 is 1.58 bits per heavy atom. The second kappa shape index (κ2) is 6.37. The van der Waals surface area contributed by atoms with E-state index in [0.29, 0.717) is 12.8 Å². The first-order chi connectivity index (χ1) is 5.93. The van der Waals surface area contributed by atoms with Crippen molar-refractivity contribution in [2.45, 2.75) is 12.5 Å². The molecule has 0 spiro atoms. The molecule has 1 N–H and O–H groups in total. The van der Waals surface area contributed by atoms with Gasteiger partial charge in [0.15, 0.2) is 0 Å². The summed E-state index contributed by atoms with van der Waals surface area (Å²) >= 11 is 0. The van der Waals surface area contributed by atoms with Crippen LogP contribution in [0.5, 0.6) is 0 Å². The van der Waals surface area contributed by atoms with Gasteiger partial charge in [-0.2, -0.15) is 0 Å². The first kappa shape index (κ1) is 9.92. The molecule has 0 amide bonds. The van der Waals surface area contributed by atoms with Crippen LogP contribution in [0.2, 0.25) is 0 Å². The predicted molar refractivity (Wildman–Crippen MR) is 45.1 cm³/mol. The fourth-order valence-corrected chi connectivity index (χ4v) is 1.17. The van der Waals surface area contributed by atoms with Crippen LogP contribution in [0.25, 0.3) is 0 Å². The highest BCUT2D eigenvalue weighted by atomic mass is 16.7. The molecule has 4 nitrogen and oxygen atoms in total. The van der Waals surface area contributed by atoms with Gasteiger partial charge in [0.05, 0.1) is 19.8 Å². The molecular formula is C8H17NO3. The topological polar surface area (TPSA) is 39.7 Å². The maximum atomic E-state index is 5.29. The molecule has 1 atom stereocenters. The minimum atomic E-state index is 0.383. The number of nitrogens with one attached hydrogen (secondary N) is 1. The van der Waals surface area contributed by atoms with Gasteiger partial charge in [0.1, 0.15) is 6.79 Å². The molecule has 0 aromatic rings. The molecule has 0 aliphatic carbocycles. The van der Waals surface area contributed by atoms with Gasteiger partial charge in [0.25, 0.3) is 0 Å². The molecule has 72 valence electrons. The van der Waals surface area contributed by atoms with Gasteiger partial charge in [-0.25, -0.2) is 0 Å². The average Bonchev–Trinajstić information content (AvgIpc) is 2.14. The summed E-state index contributed by atoms with van der Waals surface area (Å²) in [6.45, 7) is 3.70. The van der Waals surface area contributed by atoms with Gasteiger partial charge in [0.2, 0.25) is 0 Å². The summed E-state index contributed by atoms with van der Waals surface area (Å²) in [5, 5.41) is 3.35. The highest BCUT2D eigenvalue weighted by Crippen LogP contribution is 1.98. The Hall–Kier alpha value is -0.160. The number of hydrogen-bond donors (Lipinski definition) is 1. The van der Waals surface area contributed by atoms with E-state index in [4.69, 9.17) is 14.2 Å². The lowest BCUT2D eigenvalue weighted by atomic mass is 10.2. The summed E-state index contributed by atoms with van der Waals surface area (Å²) in [5.41, 5.74) is 0. The minimum Gasteiger partial charge on any atom is -0.379 e. The van der Waals surface area contributed by atoms with E-state index in [1.54, 1.807) is 7.11 Å². The first-order valence-corrected chi connectivity index (χ1v) is 4.31. The molecular weight excluding hydrogens is 158 g/mol. The van der Waals surface area contributed by atoms with E-state index in [2.05, 4.69) is 5.32 Å². The molecule has 1 rings (SSSR count). The van der Waals surface area contributed by atoms with Crippen LogP contribution in [-0.2, 0) is 14.2 Å². The van der Waals surface area contributed by atoms with E-state index in [1.807, 2.05) is 0 Å². The van der Waals surface area contributed by atoms with Crippen LogP contribution >= 0.6 is 0 Å². The molecule has 1 unspecified atom stereocenters. The maximum absolute atomic E-state index is 5.29. The van der Waals surface area contributed by atoms with Gasteiger partial charge in [-0.05, 0) is 6.42 Å². The Labute approximate surface area is 73.2 Å². The van der Waals surface area contributed by atoms with E-state index in [0.717, 1.165) is 32.8 Å². The summed E-state index contributed by atoms with van der Waals surface area (Å²) in [6.07, 6.45) is 0.989. The number of hydrogen-bond acceptors (Lipinski definition) is 4. The Morgan fingerprint density at radius 2 is 2.50 bits per heavy atom. The smallest absolute Gasteiger partial charge is 0.146 e. The predicted octanol–water partition coefficient (Wildman–Crippen LogP) is -0.0146. The zero-order valence-electron chi connectivity index (χ0n) is 7.54. The zero-order chi connectivity index (χ0) is 8.65. The second-order valence-electron chi connectivity index (χ2n) is 2.83. The van der Waals surface area contributed by atoms with E-state index in [1.165, 1.54) is 0 Å². The normalized spacial score (nSPS) is 24.2. The number of morpholine rings is 1. The van der Waals surface area contributed by atoms with Crippen molar-refractivity contribution < 1.29 is 14.2 Å². The van der Waals surface area contributed by atoms with Crippen molar-refractivity contribution in [2.24, 2.45) is 0 Å². The summed E-state index contributed by atoms with van der Waals surface area (Å²) in [6, 6.07) is 0.454. The summed E-state index contributed by atoms with van der Waals surface area (Å²) in [4.78, 5) is 0. The van der Waals surface area contributed by atoms with Crippen LogP contribution in [0.15, 0.2) is 0 Å². The van der Waals surface area contributed by atoms with Crippen molar-refractivity contribution in [2.75, 3.05) is 40.3 Å². The third kappa shape index (κ3) is 4.01. The Kier molecular flexibility index (Phi) is 5.27. The van der Waals surface area contributed by atoms with Gasteiger partial charge in [-0.1, -0.05) is 0 Å². The SMILES string of the molecule is COCOCCC1COCCN1. The Bertz CT molecular complexity index is 104. The zero-order valence-corrected chi connectivity index (χ0v) is 7.54. The van der Waals surface area contributed by atoms with Crippen LogP contribution < -0.4 is 5.32 Å². The van der Waals surface area contributed by atoms with Crippen molar-refractivity contribution in [3.05, 3.63) is 0 Å². The largest absolute Gasteiger partial charge is 0.379 e. The van der Waals surface area contributed by atoms with Crippen molar-refractivity contribution in [3.8, 4) is 0 Å². The van der Waals surface area contributed by atoms with Crippen LogP contribution in [0.4, 0.5) is 0 Å². The third-order valence-electron chi connectivity index (χ3n) is 1.81. The van der Waals surface area contributed by atoms with E-state index >= 15 is 0 Å². The second-order valence-corrected chi connectivity index (χ2v) is 2.83. The van der Waals surface area contributed by atoms with E-state index in [-0.39, 0.29) is 0 Å². The van der Waals surface area contributed by atoms with E-state index in [9.17, 15) is 0 Å². The van der Waals surface area contributed by atoms with Crippen molar-refractivity contribution in [1.29, 1.82) is 0 Å². The maximum Gasteiger partial charge on any atom is 0.146 e. The number of ether oxygens (including phenoxy) is 3. The molecule has 0 saturated carbocycles. The third-order valence-corrected chi connectivity index (χ3v) is 1.81. The molecule has 4 heteroatoms. The lowest BCUT2D eigenvalue weighted by molar-refractivity contribution is -0.0375. The average molecular weight is 175 g/mol. The lowest BCUT2D eigenvalue weighted by Crippen LogP contribution is -2.41. The molecule has 1 fully saturated rings. The number of rotatable bonds is 5. The summed E-state index contributed by atoms with van der Waals surface area (Å²) in [5.74, 6) is 0. The van der Waals surface area contributed by atoms with Gasteiger partial charge < -0.3 is 19.5 Å². The van der Waals surface area contributed by atoms with Crippen molar-refractivity contribution in [1.82, 2.24) is 5.32 Å². The Balaban J connectivity index is 1.91. The molecule has 0 aromatic carbocycles. The molecule has 12 heavy (non-hydrogen) atoms. The number of methoxy groups -OCH3 is 1. The van der Waals surface area contributed by atoms with Crippen LogP contribution in [0.1, 0.15) is 6.42 Å². The molecule has 1 heterocycles. The molecule has 0 bridgehead atoms.